The van der Waals surface area contributed by atoms with Gasteiger partial charge in [0.2, 0.25) is 5.91 Å². The maximum absolute atomic E-state index is 12.2. The minimum atomic E-state index is -0.322. The third-order valence-electron chi connectivity index (χ3n) is 2.92. The fourth-order valence-corrected chi connectivity index (χ4v) is 2.67. The van der Waals surface area contributed by atoms with Crippen molar-refractivity contribution in [3.63, 3.8) is 0 Å². The van der Waals surface area contributed by atoms with E-state index < -0.39 is 0 Å². The molecule has 1 amide bonds. The van der Waals surface area contributed by atoms with Crippen molar-refractivity contribution in [2.24, 2.45) is 0 Å². The molecular formula is C12H16N4OS. The molecule has 0 aliphatic heterocycles. The van der Waals surface area contributed by atoms with Crippen molar-refractivity contribution in [1.29, 1.82) is 0 Å². The molecule has 96 valence electrons. The lowest BCUT2D eigenvalue weighted by Gasteiger charge is -2.21. The molecule has 0 unspecified atom stereocenters. The molecule has 0 saturated heterocycles. The lowest BCUT2D eigenvalue weighted by Crippen LogP contribution is -2.32. The van der Waals surface area contributed by atoms with E-state index in [2.05, 4.69) is 23.1 Å². The minimum Gasteiger partial charge on any atom is -0.339 e. The van der Waals surface area contributed by atoms with Gasteiger partial charge >= 0.3 is 0 Å². The number of carbonyl (C=O) groups is 1. The van der Waals surface area contributed by atoms with Crippen LogP contribution in [0.1, 0.15) is 23.4 Å². The zero-order valence-electron chi connectivity index (χ0n) is 10.7. The third kappa shape index (κ3) is 2.59. The first-order valence-electron chi connectivity index (χ1n) is 5.71. The largest absolute Gasteiger partial charge is 0.339 e. The fraction of sp³-hybridized carbons (Fsp3) is 0.417. The van der Waals surface area contributed by atoms with Gasteiger partial charge in [-0.2, -0.15) is 5.10 Å². The number of hydrogen-bond donors (Lipinski definition) is 0. The second-order valence-corrected chi connectivity index (χ2v) is 5.27. The van der Waals surface area contributed by atoms with E-state index in [4.69, 9.17) is 0 Å². The number of carbonyl (C=O) groups excluding carboxylic acids is 1. The van der Waals surface area contributed by atoms with E-state index in [1.807, 2.05) is 19.4 Å². The highest BCUT2D eigenvalue weighted by molar-refractivity contribution is 7.10. The van der Waals surface area contributed by atoms with E-state index in [0.29, 0.717) is 6.54 Å². The Morgan fingerprint density at radius 2 is 2.39 bits per heavy atom. The van der Waals surface area contributed by atoms with Gasteiger partial charge in [0.1, 0.15) is 18.7 Å². The van der Waals surface area contributed by atoms with Crippen LogP contribution < -0.4 is 0 Å². The fourth-order valence-electron chi connectivity index (χ4n) is 1.71. The molecule has 5 nitrogen and oxygen atoms in total. The van der Waals surface area contributed by atoms with Crippen LogP contribution in [-0.2, 0) is 11.3 Å². The lowest BCUT2D eigenvalue weighted by molar-refractivity contribution is -0.133. The number of aromatic nitrogens is 3. The number of likely N-dealkylation sites (N-methyl/N-ethyl adjacent to an activating group) is 1. The van der Waals surface area contributed by atoms with Gasteiger partial charge in [-0.05, 0) is 30.9 Å². The topological polar surface area (TPSA) is 51.0 Å². The zero-order chi connectivity index (χ0) is 13.1. The summed E-state index contributed by atoms with van der Waals surface area (Å²) in [6, 6.07) is 1.75. The molecule has 2 rings (SSSR count). The summed E-state index contributed by atoms with van der Waals surface area (Å²) in [7, 11) is 1.81. The van der Waals surface area contributed by atoms with Crippen LogP contribution in [0.15, 0.2) is 24.1 Å². The first-order valence-corrected chi connectivity index (χ1v) is 6.59. The Hall–Kier alpha value is -1.69. The number of amides is 1. The van der Waals surface area contributed by atoms with E-state index in [9.17, 15) is 4.79 Å². The van der Waals surface area contributed by atoms with Crippen LogP contribution >= 0.6 is 11.3 Å². The number of aryl methyl sites for hydroxylation is 1. The summed E-state index contributed by atoms with van der Waals surface area (Å²) in [5.41, 5.74) is 1.23. The third-order valence-corrected chi connectivity index (χ3v) is 3.92. The molecule has 0 radical (unpaired) electrons. The smallest absolute Gasteiger partial charge is 0.247 e. The number of rotatable bonds is 4. The Balaban J connectivity index is 2.03. The molecule has 0 bridgehead atoms. The van der Waals surface area contributed by atoms with Crippen molar-refractivity contribution < 1.29 is 4.79 Å². The van der Waals surface area contributed by atoms with Crippen molar-refractivity contribution in [2.45, 2.75) is 26.4 Å². The standard InChI is InChI=1S/C12H16N4OS/c1-9-4-5-18-11(9)6-15(3)12(17)10(2)16-8-13-7-14-16/h4-5,7-8,10H,6H2,1-3H3/t10-/m0/s1. The summed E-state index contributed by atoms with van der Waals surface area (Å²) in [6.45, 7) is 4.53. The highest BCUT2D eigenvalue weighted by Gasteiger charge is 2.20. The molecule has 2 aromatic heterocycles. The van der Waals surface area contributed by atoms with Crippen LogP contribution in [0.4, 0.5) is 0 Å². The molecule has 0 fully saturated rings. The lowest BCUT2D eigenvalue weighted by atomic mass is 10.2. The Labute approximate surface area is 110 Å². The molecule has 0 N–H and O–H groups in total. The van der Waals surface area contributed by atoms with Gasteiger partial charge in [0, 0.05) is 11.9 Å². The average Bonchev–Trinajstić information content (AvgIpc) is 3.00. The van der Waals surface area contributed by atoms with Crippen molar-refractivity contribution in [2.75, 3.05) is 7.05 Å². The van der Waals surface area contributed by atoms with Crippen LogP contribution in [0, 0.1) is 6.92 Å². The SMILES string of the molecule is Cc1ccsc1CN(C)C(=O)[C@H](C)n1cncn1. The van der Waals surface area contributed by atoms with Crippen LogP contribution in [-0.4, -0.2) is 32.6 Å². The van der Waals surface area contributed by atoms with E-state index in [-0.39, 0.29) is 11.9 Å². The maximum atomic E-state index is 12.2. The number of thiophene rings is 1. The molecule has 6 heteroatoms. The van der Waals surface area contributed by atoms with E-state index >= 15 is 0 Å². The van der Waals surface area contributed by atoms with Gasteiger partial charge in [-0.3, -0.25) is 4.79 Å². The Bertz CT molecular complexity index is 520. The predicted octanol–water partition coefficient (Wildman–Crippen LogP) is 1.87. The minimum absolute atomic E-state index is 0.0355. The molecule has 18 heavy (non-hydrogen) atoms. The van der Waals surface area contributed by atoms with E-state index in [1.165, 1.54) is 16.8 Å². The monoisotopic (exact) mass is 264 g/mol. The van der Waals surface area contributed by atoms with Crippen LogP contribution in [0.5, 0.6) is 0 Å². The van der Waals surface area contributed by atoms with Gasteiger partial charge in [0.25, 0.3) is 0 Å². The molecule has 2 heterocycles. The molecule has 2 aromatic rings. The number of nitrogens with zero attached hydrogens (tertiary/aromatic N) is 4. The van der Waals surface area contributed by atoms with Crippen LogP contribution in [0.3, 0.4) is 0 Å². The second kappa shape index (κ2) is 5.30. The predicted molar refractivity (Wildman–Crippen MR) is 70.3 cm³/mol. The summed E-state index contributed by atoms with van der Waals surface area (Å²) in [6.07, 6.45) is 3.00. The highest BCUT2D eigenvalue weighted by Crippen LogP contribution is 2.18. The van der Waals surface area contributed by atoms with Gasteiger partial charge in [0.15, 0.2) is 0 Å². The molecule has 0 aliphatic carbocycles. The van der Waals surface area contributed by atoms with Gasteiger partial charge in [0.05, 0.1) is 6.54 Å². The normalized spacial score (nSPS) is 12.4. The Morgan fingerprint density at radius 3 is 2.94 bits per heavy atom. The summed E-state index contributed by atoms with van der Waals surface area (Å²) in [5.74, 6) is 0.0355. The van der Waals surface area contributed by atoms with Crippen molar-refractivity contribution in [1.82, 2.24) is 19.7 Å². The van der Waals surface area contributed by atoms with Gasteiger partial charge in [-0.15, -0.1) is 11.3 Å². The quantitative estimate of drug-likeness (QED) is 0.847. The molecule has 1 atom stereocenters. The molecular weight excluding hydrogens is 248 g/mol. The zero-order valence-corrected chi connectivity index (χ0v) is 11.5. The summed E-state index contributed by atoms with van der Waals surface area (Å²) in [5, 5.41) is 6.04. The Morgan fingerprint density at radius 1 is 1.61 bits per heavy atom. The first-order chi connectivity index (χ1) is 8.59. The summed E-state index contributed by atoms with van der Waals surface area (Å²) in [4.78, 5) is 19.0. The molecule has 0 aliphatic rings. The van der Waals surface area contributed by atoms with E-state index in [1.54, 1.807) is 27.2 Å². The summed E-state index contributed by atoms with van der Waals surface area (Å²) >= 11 is 1.68. The summed E-state index contributed by atoms with van der Waals surface area (Å²) < 4.78 is 1.57. The van der Waals surface area contributed by atoms with E-state index in [0.717, 1.165) is 0 Å². The maximum Gasteiger partial charge on any atom is 0.247 e. The van der Waals surface area contributed by atoms with Crippen molar-refractivity contribution in [3.05, 3.63) is 34.5 Å². The molecule has 0 aromatic carbocycles. The Kier molecular flexibility index (Phi) is 3.76. The van der Waals surface area contributed by atoms with Gasteiger partial charge < -0.3 is 4.90 Å². The average molecular weight is 264 g/mol. The van der Waals surface area contributed by atoms with Gasteiger partial charge in [-0.25, -0.2) is 9.67 Å². The van der Waals surface area contributed by atoms with Crippen LogP contribution in [0.2, 0.25) is 0 Å². The molecule has 0 saturated carbocycles. The first kappa shape index (κ1) is 12.8. The van der Waals surface area contributed by atoms with Crippen LogP contribution in [0.25, 0.3) is 0 Å². The van der Waals surface area contributed by atoms with Crippen molar-refractivity contribution in [3.8, 4) is 0 Å². The van der Waals surface area contributed by atoms with Crippen molar-refractivity contribution >= 4 is 17.2 Å². The van der Waals surface area contributed by atoms with Gasteiger partial charge in [-0.1, -0.05) is 0 Å². The second-order valence-electron chi connectivity index (χ2n) is 4.27. The number of hydrogen-bond acceptors (Lipinski definition) is 4. The highest BCUT2D eigenvalue weighted by atomic mass is 32.1. The molecule has 0 spiro atoms.